The largest absolute Gasteiger partial charge is 0.297 e. The zero-order valence-corrected chi connectivity index (χ0v) is 13.7. The maximum absolute atomic E-state index is 13.6. The second kappa shape index (κ2) is 7.02. The molecule has 1 aromatic carbocycles. The van der Waals surface area contributed by atoms with Crippen LogP contribution in [-0.4, -0.2) is 38.5 Å². The molecule has 0 amide bonds. The molecule has 1 aromatic rings. The Morgan fingerprint density at radius 1 is 1.32 bits per heavy atom. The Hall–Kier alpha value is -1.05. The number of nitrogens with one attached hydrogen (secondary N) is 1. The van der Waals surface area contributed by atoms with Crippen molar-refractivity contribution in [2.75, 3.05) is 13.1 Å². The van der Waals surface area contributed by atoms with E-state index in [0.717, 1.165) is 37.6 Å². The molecule has 0 spiro atoms. The van der Waals surface area contributed by atoms with Gasteiger partial charge < -0.3 is 0 Å². The van der Waals surface area contributed by atoms with Crippen molar-refractivity contribution in [3.05, 3.63) is 29.8 Å². The molecule has 2 unspecified atom stereocenters. The number of piperidine rings is 1. The number of halogens is 2. The normalized spacial score (nSPS) is 21.7. The molecule has 1 aliphatic heterocycles. The van der Waals surface area contributed by atoms with Gasteiger partial charge in [0.15, 0.2) is 4.90 Å². The summed E-state index contributed by atoms with van der Waals surface area (Å²) in [4.78, 5) is 1.32. The fourth-order valence-electron chi connectivity index (χ4n) is 2.93. The van der Waals surface area contributed by atoms with Crippen molar-refractivity contribution < 1.29 is 17.2 Å². The van der Waals surface area contributed by atoms with E-state index < -0.39 is 26.6 Å². The Balaban J connectivity index is 2.06. The summed E-state index contributed by atoms with van der Waals surface area (Å²) in [7, 11) is -4.20. The lowest BCUT2D eigenvalue weighted by Crippen LogP contribution is -2.48. The van der Waals surface area contributed by atoms with Crippen molar-refractivity contribution in [3.63, 3.8) is 0 Å². The smallest absolute Gasteiger partial charge is 0.246 e. The van der Waals surface area contributed by atoms with Crippen LogP contribution in [0.1, 0.15) is 33.1 Å². The van der Waals surface area contributed by atoms with Crippen LogP contribution in [0.25, 0.3) is 0 Å². The molecule has 0 aromatic heterocycles. The molecule has 2 rings (SSSR count). The van der Waals surface area contributed by atoms with Gasteiger partial charge in [-0.3, -0.25) is 4.90 Å². The van der Waals surface area contributed by atoms with Crippen LogP contribution < -0.4 is 4.72 Å². The highest BCUT2D eigenvalue weighted by atomic mass is 32.2. The van der Waals surface area contributed by atoms with E-state index in [1.54, 1.807) is 0 Å². The molecular weight excluding hydrogens is 310 g/mol. The van der Waals surface area contributed by atoms with E-state index in [1.165, 1.54) is 6.42 Å². The van der Waals surface area contributed by atoms with Gasteiger partial charge in [-0.05, 0) is 45.4 Å². The fraction of sp³-hybridized carbons (Fsp3) is 0.600. The standard InChI is InChI=1S/C15H22F2N2O2S/c1-11-6-3-4-9-19(11)12(2)10-18-22(20,21)15-13(16)7-5-8-14(15)17/h5,7-8,11-12,18H,3-4,6,9-10H2,1-2H3. The number of rotatable bonds is 5. The topological polar surface area (TPSA) is 49.4 Å². The van der Waals surface area contributed by atoms with Crippen LogP contribution >= 0.6 is 0 Å². The first-order valence-electron chi connectivity index (χ1n) is 7.52. The maximum atomic E-state index is 13.6. The van der Waals surface area contributed by atoms with Gasteiger partial charge in [-0.15, -0.1) is 0 Å². The van der Waals surface area contributed by atoms with E-state index in [1.807, 2.05) is 6.92 Å². The van der Waals surface area contributed by atoms with Crippen LogP contribution in [0.15, 0.2) is 23.1 Å². The molecule has 0 radical (unpaired) electrons. The Kier molecular flexibility index (Phi) is 5.52. The minimum Gasteiger partial charge on any atom is -0.297 e. The minimum absolute atomic E-state index is 0.0279. The Morgan fingerprint density at radius 3 is 2.55 bits per heavy atom. The molecule has 1 saturated heterocycles. The van der Waals surface area contributed by atoms with Crippen LogP contribution in [0.4, 0.5) is 8.78 Å². The van der Waals surface area contributed by atoms with Gasteiger partial charge >= 0.3 is 0 Å². The van der Waals surface area contributed by atoms with Gasteiger partial charge in [0.1, 0.15) is 11.6 Å². The summed E-state index contributed by atoms with van der Waals surface area (Å²) in [6.45, 7) is 5.07. The van der Waals surface area contributed by atoms with E-state index in [9.17, 15) is 17.2 Å². The number of hydrogen-bond donors (Lipinski definition) is 1. The van der Waals surface area contributed by atoms with Gasteiger partial charge in [0.25, 0.3) is 0 Å². The predicted octanol–water partition coefficient (Wildman–Crippen LogP) is 2.51. The third kappa shape index (κ3) is 3.83. The van der Waals surface area contributed by atoms with Crippen LogP contribution in [0, 0.1) is 11.6 Å². The molecule has 7 heteroatoms. The van der Waals surface area contributed by atoms with E-state index in [-0.39, 0.29) is 12.6 Å². The van der Waals surface area contributed by atoms with Crippen molar-refractivity contribution in [1.82, 2.24) is 9.62 Å². The Morgan fingerprint density at radius 2 is 1.95 bits per heavy atom. The first kappa shape index (κ1) is 17.3. The van der Waals surface area contributed by atoms with Gasteiger partial charge in [-0.25, -0.2) is 21.9 Å². The molecule has 0 bridgehead atoms. The zero-order valence-electron chi connectivity index (χ0n) is 12.9. The molecule has 1 fully saturated rings. The molecule has 124 valence electrons. The monoisotopic (exact) mass is 332 g/mol. The van der Waals surface area contributed by atoms with Crippen molar-refractivity contribution in [2.24, 2.45) is 0 Å². The summed E-state index contributed by atoms with van der Waals surface area (Å²) in [5, 5.41) is 0. The minimum atomic E-state index is -4.20. The number of hydrogen-bond acceptors (Lipinski definition) is 3. The van der Waals surface area contributed by atoms with E-state index in [0.29, 0.717) is 6.04 Å². The molecule has 4 nitrogen and oxygen atoms in total. The van der Waals surface area contributed by atoms with Gasteiger partial charge in [-0.1, -0.05) is 12.5 Å². The van der Waals surface area contributed by atoms with E-state index >= 15 is 0 Å². The highest BCUT2D eigenvalue weighted by Gasteiger charge is 2.27. The number of nitrogens with zero attached hydrogens (tertiary/aromatic N) is 1. The number of benzene rings is 1. The third-order valence-electron chi connectivity index (χ3n) is 4.18. The summed E-state index contributed by atoms with van der Waals surface area (Å²) in [5.41, 5.74) is 0. The molecule has 22 heavy (non-hydrogen) atoms. The van der Waals surface area contributed by atoms with Crippen molar-refractivity contribution in [1.29, 1.82) is 0 Å². The number of likely N-dealkylation sites (tertiary alicyclic amines) is 1. The molecular formula is C15H22F2N2O2S. The second-order valence-electron chi connectivity index (χ2n) is 5.83. The summed E-state index contributed by atoms with van der Waals surface area (Å²) in [5.74, 6) is -2.15. The molecule has 0 saturated carbocycles. The highest BCUT2D eigenvalue weighted by Crippen LogP contribution is 2.20. The maximum Gasteiger partial charge on any atom is 0.246 e. The van der Waals surface area contributed by atoms with Gasteiger partial charge in [-0.2, -0.15) is 0 Å². The second-order valence-corrected chi connectivity index (χ2v) is 7.54. The Labute approximate surface area is 130 Å². The highest BCUT2D eigenvalue weighted by molar-refractivity contribution is 7.89. The lowest BCUT2D eigenvalue weighted by atomic mass is 10.0. The van der Waals surface area contributed by atoms with Gasteiger partial charge in [0.05, 0.1) is 0 Å². The van der Waals surface area contributed by atoms with Gasteiger partial charge in [0, 0.05) is 18.6 Å². The van der Waals surface area contributed by atoms with Crippen molar-refractivity contribution in [2.45, 2.75) is 50.1 Å². The summed E-state index contributed by atoms with van der Waals surface area (Å²) >= 11 is 0. The summed E-state index contributed by atoms with van der Waals surface area (Å²) < 4.78 is 53.8. The molecule has 1 N–H and O–H groups in total. The van der Waals surface area contributed by atoms with Crippen LogP contribution in [0.3, 0.4) is 0 Å². The van der Waals surface area contributed by atoms with Crippen LogP contribution in [0.5, 0.6) is 0 Å². The quantitative estimate of drug-likeness (QED) is 0.901. The first-order chi connectivity index (χ1) is 10.3. The average molecular weight is 332 g/mol. The lowest BCUT2D eigenvalue weighted by Gasteiger charge is -2.38. The zero-order chi connectivity index (χ0) is 16.3. The predicted molar refractivity (Wildman–Crippen MR) is 81.0 cm³/mol. The molecule has 2 atom stereocenters. The average Bonchev–Trinajstić information content (AvgIpc) is 2.45. The Bertz CT molecular complexity index is 602. The van der Waals surface area contributed by atoms with Crippen LogP contribution in [-0.2, 0) is 10.0 Å². The molecule has 1 heterocycles. The fourth-order valence-corrected chi connectivity index (χ4v) is 4.19. The molecule has 0 aliphatic carbocycles. The van der Waals surface area contributed by atoms with Gasteiger partial charge in [0.2, 0.25) is 10.0 Å². The molecule has 1 aliphatic rings. The van der Waals surface area contributed by atoms with E-state index in [4.69, 9.17) is 0 Å². The lowest BCUT2D eigenvalue weighted by molar-refractivity contribution is 0.116. The SMILES string of the molecule is CC1CCCCN1C(C)CNS(=O)(=O)c1c(F)cccc1F. The van der Waals surface area contributed by atoms with Crippen molar-refractivity contribution in [3.8, 4) is 0 Å². The third-order valence-corrected chi connectivity index (χ3v) is 5.65. The van der Waals surface area contributed by atoms with Crippen LogP contribution in [0.2, 0.25) is 0 Å². The van der Waals surface area contributed by atoms with E-state index in [2.05, 4.69) is 16.5 Å². The van der Waals surface area contributed by atoms with Crippen molar-refractivity contribution >= 4 is 10.0 Å². The summed E-state index contributed by atoms with van der Waals surface area (Å²) in [6.07, 6.45) is 3.35. The summed E-state index contributed by atoms with van der Waals surface area (Å²) in [6, 6.07) is 3.38. The number of sulfonamides is 1. The first-order valence-corrected chi connectivity index (χ1v) is 9.00.